The van der Waals surface area contributed by atoms with Crippen molar-refractivity contribution in [3.8, 4) is 0 Å². The molecule has 1 aromatic heterocycles. The first-order valence-electron chi connectivity index (χ1n) is 7.14. The minimum absolute atomic E-state index is 0.0259. The number of thiazole rings is 1. The SMILES string of the molecule is CCOC(C)c1nc(CC(=O)OCC(=O)OC(C)(C)C)cs1. The summed E-state index contributed by atoms with van der Waals surface area (Å²) in [4.78, 5) is 27.5. The van der Waals surface area contributed by atoms with E-state index in [0.29, 0.717) is 12.3 Å². The molecule has 0 aliphatic carbocycles. The Bertz CT molecular complexity index is 506. The van der Waals surface area contributed by atoms with E-state index in [1.165, 1.54) is 11.3 Å². The van der Waals surface area contributed by atoms with E-state index in [0.717, 1.165) is 5.01 Å². The Morgan fingerprint density at radius 3 is 2.59 bits per heavy atom. The summed E-state index contributed by atoms with van der Waals surface area (Å²) in [7, 11) is 0. The lowest BCUT2D eigenvalue weighted by atomic mass is 10.2. The molecular weight excluding hydrogens is 306 g/mol. The molecule has 0 amide bonds. The third kappa shape index (κ3) is 7.00. The fourth-order valence-corrected chi connectivity index (χ4v) is 2.44. The van der Waals surface area contributed by atoms with Crippen LogP contribution < -0.4 is 0 Å². The van der Waals surface area contributed by atoms with Crippen LogP contribution in [0, 0.1) is 0 Å². The number of hydrogen-bond acceptors (Lipinski definition) is 7. The fraction of sp³-hybridized carbons (Fsp3) is 0.667. The van der Waals surface area contributed by atoms with E-state index < -0.39 is 17.5 Å². The van der Waals surface area contributed by atoms with Gasteiger partial charge in [-0.2, -0.15) is 0 Å². The maximum Gasteiger partial charge on any atom is 0.344 e. The van der Waals surface area contributed by atoms with Gasteiger partial charge in [-0.15, -0.1) is 11.3 Å². The molecule has 124 valence electrons. The Balaban J connectivity index is 2.41. The standard InChI is InChI=1S/C15H23NO5S/c1-6-19-10(2)14-16-11(9-22-14)7-12(17)20-8-13(18)21-15(3,4)5/h9-10H,6-8H2,1-5H3. The topological polar surface area (TPSA) is 74.7 Å². The van der Waals surface area contributed by atoms with Gasteiger partial charge in [0.15, 0.2) is 6.61 Å². The second-order valence-corrected chi connectivity index (χ2v) is 6.59. The maximum atomic E-state index is 11.7. The Morgan fingerprint density at radius 2 is 2.00 bits per heavy atom. The van der Waals surface area contributed by atoms with Crippen LogP contribution >= 0.6 is 11.3 Å². The normalized spacial score (nSPS) is 12.8. The van der Waals surface area contributed by atoms with Crippen molar-refractivity contribution in [3.05, 3.63) is 16.1 Å². The van der Waals surface area contributed by atoms with Crippen LogP contribution in [0.2, 0.25) is 0 Å². The lowest BCUT2D eigenvalue weighted by Gasteiger charge is -2.19. The summed E-state index contributed by atoms with van der Waals surface area (Å²) in [6.07, 6.45) is -0.0699. The number of nitrogens with zero attached hydrogens (tertiary/aromatic N) is 1. The van der Waals surface area contributed by atoms with Crippen molar-refractivity contribution < 1.29 is 23.8 Å². The van der Waals surface area contributed by atoms with Crippen molar-refractivity contribution in [2.75, 3.05) is 13.2 Å². The van der Waals surface area contributed by atoms with Crippen molar-refractivity contribution in [1.82, 2.24) is 4.98 Å². The molecule has 0 aliphatic heterocycles. The van der Waals surface area contributed by atoms with Crippen LogP contribution in [0.5, 0.6) is 0 Å². The van der Waals surface area contributed by atoms with Gasteiger partial charge >= 0.3 is 11.9 Å². The van der Waals surface area contributed by atoms with Gasteiger partial charge in [-0.25, -0.2) is 9.78 Å². The molecule has 1 heterocycles. The molecule has 0 saturated carbocycles. The van der Waals surface area contributed by atoms with Crippen LogP contribution in [0.4, 0.5) is 0 Å². The van der Waals surface area contributed by atoms with Crippen LogP contribution in [0.15, 0.2) is 5.38 Å². The van der Waals surface area contributed by atoms with E-state index in [1.54, 1.807) is 26.2 Å². The minimum atomic E-state index is -0.595. The lowest BCUT2D eigenvalue weighted by Crippen LogP contribution is -2.27. The van der Waals surface area contributed by atoms with Gasteiger partial charge in [0.1, 0.15) is 16.7 Å². The molecule has 1 aromatic rings. The van der Waals surface area contributed by atoms with Crippen LogP contribution in [0.1, 0.15) is 51.4 Å². The molecule has 0 N–H and O–H groups in total. The summed E-state index contributed by atoms with van der Waals surface area (Å²) in [5, 5.41) is 2.61. The quantitative estimate of drug-likeness (QED) is 0.716. The summed E-state index contributed by atoms with van der Waals surface area (Å²) >= 11 is 1.44. The average molecular weight is 329 g/mol. The van der Waals surface area contributed by atoms with E-state index in [1.807, 2.05) is 13.8 Å². The predicted octanol–water partition coefficient (Wildman–Crippen LogP) is 2.67. The molecule has 1 rings (SSSR count). The average Bonchev–Trinajstić information content (AvgIpc) is 2.83. The number of carbonyl (C=O) groups excluding carboxylic acids is 2. The third-order valence-electron chi connectivity index (χ3n) is 2.43. The zero-order chi connectivity index (χ0) is 16.8. The molecular formula is C15H23NO5S. The van der Waals surface area contributed by atoms with Gasteiger partial charge in [-0.1, -0.05) is 0 Å². The maximum absolute atomic E-state index is 11.7. The van der Waals surface area contributed by atoms with Gasteiger partial charge in [-0.05, 0) is 34.6 Å². The molecule has 1 unspecified atom stereocenters. The molecule has 1 atom stereocenters. The molecule has 6 nitrogen and oxygen atoms in total. The minimum Gasteiger partial charge on any atom is -0.457 e. The third-order valence-corrected chi connectivity index (χ3v) is 3.49. The Labute approximate surface area is 134 Å². The van der Waals surface area contributed by atoms with E-state index in [4.69, 9.17) is 14.2 Å². The first kappa shape index (κ1) is 18.6. The number of hydrogen-bond donors (Lipinski definition) is 0. The smallest absolute Gasteiger partial charge is 0.344 e. The highest BCUT2D eigenvalue weighted by Crippen LogP contribution is 2.21. The van der Waals surface area contributed by atoms with Gasteiger partial charge in [0.05, 0.1) is 12.1 Å². The molecule has 0 saturated heterocycles. The highest BCUT2D eigenvalue weighted by Gasteiger charge is 2.18. The van der Waals surface area contributed by atoms with E-state index in [-0.39, 0.29) is 19.1 Å². The first-order chi connectivity index (χ1) is 10.2. The van der Waals surface area contributed by atoms with Crippen molar-refractivity contribution in [3.63, 3.8) is 0 Å². The lowest BCUT2D eigenvalue weighted by molar-refractivity contribution is -0.166. The molecule has 22 heavy (non-hydrogen) atoms. The van der Waals surface area contributed by atoms with Crippen molar-refractivity contribution in [1.29, 1.82) is 0 Å². The highest BCUT2D eigenvalue weighted by atomic mass is 32.1. The van der Waals surface area contributed by atoms with Gasteiger partial charge in [0, 0.05) is 12.0 Å². The Kier molecular flexibility index (Phi) is 6.96. The predicted molar refractivity (Wildman–Crippen MR) is 82.7 cm³/mol. The molecule has 0 aromatic carbocycles. The van der Waals surface area contributed by atoms with Crippen molar-refractivity contribution >= 4 is 23.3 Å². The largest absolute Gasteiger partial charge is 0.457 e. The first-order valence-corrected chi connectivity index (χ1v) is 8.02. The molecule has 0 fully saturated rings. The van der Waals surface area contributed by atoms with Crippen molar-refractivity contribution in [2.24, 2.45) is 0 Å². The second kappa shape index (κ2) is 8.24. The zero-order valence-electron chi connectivity index (χ0n) is 13.7. The number of ether oxygens (including phenoxy) is 3. The molecule has 0 aliphatic rings. The van der Waals surface area contributed by atoms with Gasteiger partial charge < -0.3 is 14.2 Å². The van der Waals surface area contributed by atoms with Crippen LogP contribution in [-0.2, 0) is 30.2 Å². The molecule has 7 heteroatoms. The molecule has 0 spiro atoms. The summed E-state index contributed by atoms with van der Waals surface area (Å²) in [5.74, 6) is -1.07. The van der Waals surface area contributed by atoms with Gasteiger partial charge in [0.2, 0.25) is 0 Å². The number of carbonyl (C=O) groups is 2. The zero-order valence-corrected chi connectivity index (χ0v) is 14.5. The van der Waals surface area contributed by atoms with Gasteiger partial charge in [-0.3, -0.25) is 4.79 Å². The summed E-state index contributed by atoms with van der Waals surface area (Å²) in [6.45, 7) is 9.30. The van der Waals surface area contributed by atoms with Crippen LogP contribution in [-0.4, -0.2) is 35.7 Å². The summed E-state index contributed by atoms with van der Waals surface area (Å²) in [5.41, 5.74) is 0.0173. The second-order valence-electron chi connectivity index (χ2n) is 5.70. The number of aromatic nitrogens is 1. The monoisotopic (exact) mass is 329 g/mol. The Morgan fingerprint density at radius 1 is 1.32 bits per heavy atom. The molecule has 0 radical (unpaired) electrons. The highest BCUT2D eigenvalue weighted by molar-refractivity contribution is 7.09. The van der Waals surface area contributed by atoms with E-state index in [2.05, 4.69) is 4.98 Å². The van der Waals surface area contributed by atoms with Crippen LogP contribution in [0.25, 0.3) is 0 Å². The van der Waals surface area contributed by atoms with Crippen molar-refractivity contribution in [2.45, 2.75) is 52.7 Å². The van der Waals surface area contributed by atoms with E-state index >= 15 is 0 Å². The summed E-state index contributed by atoms with van der Waals surface area (Å²) in [6, 6.07) is 0. The number of esters is 2. The van der Waals surface area contributed by atoms with Crippen LogP contribution in [0.3, 0.4) is 0 Å². The van der Waals surface area contributed by atoms with E-state index in [9.17, 15) is 9.59 Å². The fourth-order valence-electron chi connectivity index (χ4n) is 1.62. The molecule has 0 bridgehead atoms. The number of rotatable bonds is 7. The Hall–Kier alpha value is -1.47. The summed E-state index contributed by atoms with van der Waals surface area (Å²) < 4.78 is 15.4. The van der Waals surface area contributed by atoms with Gasteiger partial charge in [0.25, 0.3) is 0 Å².